The van der Waals surface area contributed by atoms with E-state index in [4.69, 9.17) is 7.85 Å². The molecule has 0 N–H and O–H groups in total. The summed E-state index contributed by atoms with van der Waals surface area (Å²) in [4.78, 5) is 5.81. The van der Waals surface area contributed by atoms with Gasteiger partial charge in [-0.1, -0.05) is 54.0 Å². The molecule has 0 fully saturated rings. The van der Waals surface area contributed by atoms with Gasteiger partial charge in [0.25, 0.3) is 5.66 Å². The second kappa shape index (κ2) is 14.4. The van der Waals surface area contributed by atoms with Gasteiger partial charge in [0.15, 0.2) is 0 Å². The van der Waals surface area contributed by atoms with Crippen molar-refractivity contribution in [3.05, 3.63) is 35.8 Å². The Kier molecular flexibility index (Phi) is 15.2. The summed E-state index contributed by atoms with van der Waals surface area (Å²) in [5, 5.41) is 1.05. The molecule has 0 saturated heterocycles. The highest BCUT2D eigenvalue weighted by Crippen LogP contribution is 2.30. The molecule has 0 saturated carbocycles. The van der Waals surface area contributed by atoms with Gasteiger partial charge in [0.2, 0.25) is 0 Å². The van der Waals surface area contributed by atoms with E-state index in [9.17, 15) is 8.78 Å². The van der Waals surface area contributed by atoms with Crippen LogP contribution in [0, 0.1) is 0 Å². The van der Waals surface area contributed by atoms with Gasteiger partial charge < -0.3 is 4.90 Å². The zero-order valence-electron chi connectivity index (χ0n) is 16.2. The number of pyridine rings is 1. The van der Waals surface area contributed by atoms with Gasteiger partial charge in [0, 0.05) is 32.1 Å². The molecule has 1 rings (SSSR count). The van der Waals surface area contributed by atoms with Crippen molar-refractivity contribution in [2.45, 2.75) is 46.2 Å². The minimum atomic E-state index is -2.77. The van der Waals surface area contributed by atoms with E-state index in [1.165, 1.54) is 22.4 Å². The number of hydrogen-bond acceptors (Lipinski definition) is 2. The summed E-state index contributed by atoms with van der Waals surface area (Å²) in [6.07, 6.45) is 9.50. The van der Waals surface area contributed by atoms with Crippen molar-refractivity contribution in [1.29, 1.82) is 0 Å². The molecule has 2 atom stereocenters. The van der Waals surface area contributed by atoms with Crippen LogP contribution in [0.25, 0.3) is 6.08 Å². The molecule has 0 spiro atoms. The van der Waals surface area contributed by atoms with Crippen molar-refractivity contribution in [2.24, 2.45) is 0 Å². The van der Waals surface area contributed by atoms with Crippen molar-refractivity contribution < 1.29 is 8.78 Å². The Morgan fingerprint density at radius 2 is 1.92 bits per heavy atom. The van der Waals surface area contributed by atoms with E-state index < -0.39 is 5.66 Å². The van der Waals surface area contributed by atoms with E-state index in [0.29, 0.717) is 5.46 Å². The number of rotatable bonds is 5. The molecule has 7 heteroatoms. The van der Waals surface area contributed by atoms with Crippen molar-refractivity contribution in [3.8, 4) is 0 Å². The Balaban J connectivity index is 0. The largest absolute Gasteiger partial charge is 0.383 e. The first kappa shape index (κ1) is 26.4. The normalized spacial score (nSPS) is 11.4. The molecule has 2 unspecified atom stereocenters. The standard InChI is InChI=1S/C10H13BNP.C6H12F2NP.C2H6/c1-2-3-4-5-9-10(13)6-8(11)7-12-9;1-5(4-9(2)3)6(7,8)10;1-2/h4-7H,2-3,13H2,1H3;4H,10H2,1-3H3;1-2H3/b5-4-;5-4+;. The molecular formula is C18H31BF2N2P2. The van der Waals surface area contributed by atoms with E-state index in [1.807, 2.05) is 26.0 Å². The minimum Gasteiger partial charge on any atom is -0.383 e. The van der Waals surface area contributed by atoms with Crippen LogP contribution in [-0.4, -0.2) is 37.5 Å². The maximum Gasteiger partial charge on any atom is 0.281 e. The third-order valence-corrected chi connectivity index (χ3v) is 3.60. The third-order valence-electron chi connectivity index (χ3n) is 2.68. The van der Waals surface area contributed by atoms with Gasteiger partial charge in [0.1, 0.15) is 7.85 Å². The van der Waals surface area contributed by atoms with Gasteiger partial charge >= 0.3 is 0 Å². The summed E-state index contributed by atoms with van der Waals surface area (Å²) in [5.41, 5.74) is -1.04. The molecule has 2 nitrogen and oxygen atoms in total. The highest BCUT2D eigenvalue weighted by Gasteiger charge is 2.23. The van der Waals surface area contributed by atoms with Crippen LogP contribution in [0.3, 0.4) is 0 Å². The highest BCUT2D eigenvalue weighted by atomic mass is 31.0. The van der Waals surface area contributed by atoms with E-state index in [-0.39, 0.29) is 5.57 Å². The van der Waals surface area contributed by atoms with Gasteiger partial charge in [-0.05, 0) is 24.7 Å². The first-order valence-electron chi connectivity index (χ1n) is 8.27. The number of aromatic nitrogens is 1. The van der Waals surface area contributed by atoms with Crippen molar-refractivity contribution in [3.63, 3.8) is 0 Å². The molecule has 2 radical (unpaired) electrons. The number of unbranched alkanes of at least 4 members (excludes halogenated alkanes) is 1. The first-order valence-corrected chi connectivity index (χ1v) is 9.43. The zero-order valence-corrected chi connectivity index (χ0v) is 18.5. The average molecular weight is 386 g/mol. The Morgan fingerprint density at radius 3 is 2.28 bits per heavy atom. The molecule has 1 aromatic rings. The summed E-state index contributed by atoms with van der Waals surface area (Å²) >= 11 is 0. The summed E-state index contributed by atoms with van der Waals surface area (Å²) < 4.78 is 24.7. The first-order chi connectivity index (χ1) is 11.6. The third kappa shape index (κ3) is 14.1. The summed E-state index contributed by atoms with van der Waals surface area (Å²) in [6, 6.07) is 1.91. The lowest BCUT2D eigenvalue weighted by atomic mass is 9.98. The van der Waals surface area contributed by atoms with Crippen LogP contribution in [0.1, 0.15) is 46.2 Å². The number of hydrogen-bond donors (Lipinski definition) is 0. The van der Waals surface area contributed by atoms with Gasteiger partial charge in [-0.2, -0.15) is 8.78 Å². The van der Waals surface area contributed by atoms with Gasteiger partial charge in [-0.25, -0.2) is 0 Å². The van der Waals surface area contributed by atoms with E-state index >= 15 is 0 Å². The molecule has 1 heterocycles. The quantitative estimate of drug-likeness (QED) is 0.559. The molecule has 1 aromatic heterocycles. The maximum absolute atomic E-state index is 12.3. The van der Waals surface area contributed by atoms with Gasteiger partial charge in [0.05, 0.1) is 5.69 Å². The fourth-order valence-electron chi connectivity index (χ4n) is 1.48. The van der Waals surface area contributed by atoms with E-state index in [1.54, 1.807) is 25.2 Å². The molecule has 140 valence electrons. The second-order valence-electron chi connectivity index (χ2n) is 5.33. The van der Waals surface area contributed by atoms with Crippen molar-refractivity contribution in [1.82, 2.24) is 9.88 Å². The van der Waals surface area contributed by atoms with Crippen LogP contribution in [0.4, 0.5) is 8.78 Å². The lowest BCUT2D eigenvalue weighted by Crippen LogP contribution is -2.12. The van der Waals surface area contributed by atoms with E-state index in [0.717, 1.165) is 23.8 Å². The van der Waals surface area contributed by atoms with Gasteiger partial charge in [-0.15, -0.1) is 9.24 Å². The summed E-state index contributed by atoms with van der Waals surface area (Å²) in [7, 11) is 13.1. The Hall–Kier alpha value is -0.785. The monoisotopic (exact) mass is 386 g/mol. The van der Waals surface area contributed by atoms with Crippen molar-refractivity contribution in [2.75, 3.05) is 14.1 Å². The highest BCUT2D eigenvalue weighted by molar-refractivity contribution is 7.27. The van der Waals surface area contributed by atoms with E-state index in [2.05, 4.69) is 27.2 Å². The van der Waals surface area contributed by atoms with Crippen molar-refractivity contribution >= 4 is 43.2 Å². The Morgan fingerprint density at radius 1 is 1.36 bits per heavy atom. The van der Waals surface area contributed by atoms with Crippen LogP contribution in [0.5, 0.6) is 0 Å². The van der Waals surface area contributed by atoms with Crippen LogP contribution >= 0.6 is 18.5 Å². The molecule has 0 aromatic carbocycles. The molecule has 0 aliphatic rings. The Labute approximate surface area is 158 Å². The molecule has 25 heavy (non-hydrogen) atoms. The Bertz CT molecular complexity index is 542. The van der Waals surface area contributed by atoms with Gasteiger partial charge in [-0.3, -0.25) is 4.98 Å². The molecule has 0 bridgehead atoms. The van der Waals surface area contributed by atoms with Crippen LogP contribution in [0.2, 0.25) is 0 Å². The minimum absolute atomic E-state index is 0.0440. The smallest absolute Gasteiger partial charge is 0.281 e. The summed E-state index contributed by atoms with van der Waals surface area (Å²) in [6.45, 7) is 7.55. The SMILES string of the molecule is C/C(=C\N(C)C)C(F)(F)P.CC.[B]c1cnc(/C=C\CCC)c(P)c1. The second-order valence-corrected chi connectivity index (χ2v) is 6.68. The average Bonchev–Trinajstić information content (AvgIpc) is 2.51. The predicted molar refractivity (Wildman–Crippen MR) is 116 cm³/mol. The number of nitrogens with zero attached hydrogens (tertiary/aromatic N) is 2. The maximum atomic E-state index is 12.3. The fraction of sp³-hybridized carbons (Fsp3) is 0.500. The number of halogens is 2. The lowest BCUT2D eigenvalue weighted by Gasteiger charge is -2.13. The number of allylic oxidation sites excluding steroid dienone is 2. The molecule has 0 aliphatic heterocycles. The summed E-state index contributed by atoms with van der Waals surface area (Å²) in [5.74, 6) is 0. The molecule has 0 amide bonds. The fourth-order valence-corrected chi connectivity index (χ4v) is 1.92. The zero-order chi connectivity index (χ0) is 20.0. The van der Waals surface area contributed by atoms with Crippen LogP contribution < -0.4 is 10.8 Å². The van der Waals surface area contributed by atoms with Crippen LogP contribution in [-0.2, 0) is 0 Å². The molecule has 0 aliphatic carbocycles. The van der Waals surface area contributed by atoms with Crippen LogP contribution in [0.15, 0.2) is 30.1 Å². The lowest BCUT2D eigenvalue weighted by molar-refractivity contribution is 0.145. The molecular weight excluding hydrogens is 355 g/mol. The number of alkyl halides is 2. The predicted octanol–water partition coefficient (Wildman–Crippen LogP) is 4.14. The topological polar surface area (TPSA) is 16.1 Å².